The van der Waals surface area contributed by atoms with Crippen molar-refractivity contribution >= 4 is 11.8 Å². The molecule has 0 saturated carbocycles. The van der Waals surface area contributed by atoms with Gasteiger partial charge in [-0.05, 0) is 49.3 Å². The second-order valence-electron chi connectivity index (χ2n) is 4.28. The van der Waals surface area contributed by atoms with Crippen molar-refractivity contribution in [3.8, 4) is 0 Å². The van der Waals surface area contributed by atoms with Crippen LogP contribution < -0.4 is 5.73 Å². The molecule has 2 nitrogen and oxygen atoms in total. The first kappa shape index (κ1) is 14.5. The summed E-state index contributed by atoms with van der Waals surface area (Å²) < 4.78 is 12.7. The Hall–Kier alpha value is -0.580. The molecule has 4 heteroatoms. The number of halogens is 1. The highest BCUT2D eigenvalue weighted by Gasteiger charge is 2.20. The maximum Gasteiger partial charge on any atom is 0.123 e. The van der Waals surface area contributed by atoms with Crippen LogP contribution in [0.2, 0.25) is 0 Å². The predicted molar refractivity (Wildman–Crippen MR) is 70.7 cm³/mol. The second-order valence-corrected chi connectivity index (χ2v) is 5.45. The van der Waals surface area contributed by atoms with E-state index in [1.165, 1.54) is 12.1 Å². The molecule has 1 aromatic rings. The molecule has 0 aliphatic rings. The molecule has 0 amide bonds. The van der Waals surface area contributed by atoms with Crippen LogP contribution in [0, 0.1) is 5.82 Å². The van der Waals surface area contributed by atoms with Gasteiger partial charge in [0.05, 0.1) is 6.61 Å². The van der Waals surface area contributed by atoms with E-state index in [0.717, 1.165) is 29.9 Å². The summed E-state index contributed by atoms with van der Waals surface area (Å²) in [4.78, 5) is 1.06. The molecule has 1 unspecified atom stereocenters. The molecule has 1 atom stereocenters. The Labute approximate surface area is 106 Å². The molecule has 0 aromatic heterocycles. The lowest BCUT2D eigenvalue weighted by Gasteiger charge is -2.25. The molecule has 0 saturated heterocycles. The van der Waals surface area contributed by atoms with E-state index in [1.54, 1.807) is 23.9 Å². The van der Waals surface area contributed by atoms with Crippen LogP contribution in [-0.2, 0) is 0 Å². The van der Waals surface area contributed by atoms with E-state index in [4.69, 9.17) is 10.8 Å². The number of hydrogen-bond donors (Lipinski definition) is 2. The van der Waals surface area contributed by atoms with Gasteiger partial charge in [0.15, 0.2) is 0 Å². The Morgan fingerprint density at radius 2 is 2.00 bits per heavy atom. The van der Waals surface area contributed by atoms with Gasteiger partial charge in [-0.15, -0.1) is 11.8 Å². The first-order valence-electron chi connectivity index (χ1n) is 5.88. The van der Waals surface area contributed by atoms with Crippen LogP contribution in [-0.4, -0.2) is 23.0 Å². The first-order chi connectivity index (χ1) is 8.09. The number of rotatable bonds is 7. The van der Waals surface area contributed by atoms with Gasteiger partial charge < -0.3 is 10.8 Å². The molecule has 0 aliphatic heterocycles. The van der Waals surface area contributed by atoms with Gasteiger partial charge in [-0.1, -0.05) is 6.92 Å². The zero-order valence-electron chi connectivity index (χ0n) is 10.2. The summed E-state index contributed by atoms with van der Waals surface area (Å²) >= 11 is 1.69. The maximum atomic E-state index is 12.7. The Kier molecular flexibility index (Phi) is 5.95. The molecule has 3 N–H and O–H groups in total. The smallest absolute Gasteiger partial charge is 0.123 e. The van der Waals surface area contributed by atoms with Gasteiger partial charge in [0, 0.05) is 10.4 Å². The molecule has 17 heavy (non-hydrogen) atoms. The van der Waals surface area contributed by atoms with Crippen LogP contribution in [0.25, 0.3) is 0 Å². The predicted octanol–water partition coefficient (Wildman–Crippen LogP) is 2.80. The lowest BCUT2D eigenvalue weighted by Crippen LogP contribution is -2.42. The van der Waals surface area contributed by atoms with Crippen molar-refractivity contribution in [2.75, 3.05) is 12.4 Å². The van der Waals surface area contributed by atoms with E-state index in [1.807, 2.05) is 6.92 Å². The Morgan fingerprint density at radius 3 is 2.53 bits per heavy atom. The van der Waals surface area contributed by atoms with Gasteiger partial charge in [-0.3, -0.25) is 0 Å². The van der Waals surface area contributed by atoms with E-state index in [2.05, 4.69) is 0 Å². The van der Waals surface area contributed by atoms with Gasteiger partial charge in [0.2, 0.25) is 0 Å². The van der Waals surface area contributed by atoms with Crippen molar-refractivity contribution in [3.63, 3.8) is 0 Å². The fourth-order valence-corrected chi connectivity index (χ4v) is 2.37. The Balaban J connectivity index is 2.26. The molecular formula is C13H20FNOS. The van der Waals surface area contributed by atoms with Crippen molar-refractivity contribution < 1.29 is 9.50 Å². The third-order valence-corrected chi connectivity index (χ3v) is 4.02. The molecule has 0 fully saturated rings. The number of aliphatic hydroxyl groups is 1. The molecule has 0 heterocycles. The molecule has 0 radical (unpaired) electrons. The summed E-state index contributed by atoms with van der Waals surface area (Å²) in [6, 6.07) is 6.49. The van der Waals surface area contributed by atoms with Gasteiger partial charge in [0.25, 0.3) is 0 Å². The second kappa shape index (κ2) is 6.99. The van der Waals surface area contributed by atoms with E-state index in [-0.39, 0.29) is 12.4 Å². The standard InChI is InChI=1S/C13H20FNOS/c1-2-13(15,10-16)8-3-9-17-12-6-4-11(14)5-7-12/h4-7,16H,2-3,8-10,15H2,1H3. The maximum absolute atomic E-state index is 12.7. The van der Waals surface area contributed by atoms with Gasteiger partial charge >= 0.3 is 0 Å². The fraction of sp³-hybridized carbons (Fsp3) is 0.538. The molecule has 0 aliphatic carbocycles. The first-order valence-corrected chi connectivity index (χ1v) is 6.86. The molecular weight excluding hydrogens is 237 g/mol. The van der Waals surface area contributed by atoms with E-state index < -0.39 is 5.54 Å². The van der Waals surface area contributed by atoms with E-state index >= 15 is 0 Å². The number of aliphatic hydroxyl groups excluding tert-OH is 1. The summed E-state index contributed by atoms with van der Waals surface area (Å²) in [5, 5.41) is 9.16. The van der Waals surface area contributed by atoms with Gasteiger partial charge in [0.1, 0.15) is 5.82 Å². The number of hydrogen-bond acceptors (Lipinski definition) is 3. The normalized spacial score (nSPS) is 14.6. The van der Waals surface area contributed by atoms with Gasteiger partial charge in [-0.2, -0.15) is 0 Å². The lowest BCUT2D eigenvalue weighted by molar-refractivity contribution is 0.182. The molecule has 96 valence electrons. The van der Waals surface area contributed by atoms with Crippen LogP contribution in [0.3, 0.4) is 0 Å². The van der Waals surface area contributed by atoms with Crippen LogP contribution in [0.5, 0.6) is 0 Å². The third kappa shape index (κ3) is 5.06. The third-order valence-electron chi connectivity index (χ3n) is 2.92. The zero-order chi connectivity index (χ0) is 12.7. The molecule has 0 bridgehead atoms. The average Bonchev–Trinajstić information content (AvgIpc) is 2.36. The minimum absolute atomic E-state index is 0.0325. The average molecular weight is 257 g/mol. The topological polar surface area (TPSA) is 46.2 Å². The Bertz CT molecular complexity index is 325. The van der Waals surface area contributed by atoms with Crippen molar-refractivity contribution in [1.82, 2.24) is 0 Å². The summed E-state index contributed by atoms with van der Waals surface area (Å²) in [7, 11) is 0. The fourth-order valence-electron chi connectivity index (χ4n) is 1.51. The van der Waals surface area contributed by atoms with Crippen LogP contribution >= 0.6 is 11.8 Å². The van der Waals surface area contributed by atoms with E-state index in [9.17, 15) is 4.39 Å². The quantitative estimate of drug-likeness (QED) is 0.583. The van der Waals surface area contributed by atoms with Crippen molar-refractivity contribution in [2.45, 2.75) is 36.6 Å². The highest BCUT2D eigenvalue weighted by atomic mass is 32.2. The van der Waals surface area contributed by atoms with Crippen LogP contribution in [0.4, 0.5) is 4.39 Å². The largest absolute Gasteiger partial charge is 0.394 e. The molecule has 1 rings (SSSR count). The SMILES string of the molecule is CCC(N)(CO)CCCSc1ccc(F)cc1. The molecule has 0 spiro atoms. The number of benzene rings is 1. The van der Waals surface area contributed by atoms with Crippen molar-refractivity contribution in [3.05, 3.63) is 30.1 Å². The minimum atomic E-state index is -0.441. The summed E-state index contributed by atoms with van der Waals surface area (Å²) in [6.45, 7) is 2.02. The number of thioether (sulfide) groups is 1. The lowest BCUT2D eigenvalue weighted by atomic mass is 9.93. The molecule has 1 aromatic carbocycles. The van der Waals surface area contributed by atoms with Gasteiger partial charge in [-0.25, -0.2) is 4.39 Å². The summed E-state index contributed by atoms with van der Waals surface area (Å²) in [5.41, 5.74) is 5.55. The number of nitrogens with two attached hydrogens (primary N) is 1. The zero-order valence-corrected chi connectivity index (χ0v) is 11.0. The van der Waals surface area contributed by atoms with Crippen LogP contribution in [0.15, 0.2) is 29.2 Å². The minimum Gasteiger partial charge on any atom is -0.394 e. The summed E-state index contributed by atoms with van der Waals surface area (Å²) in [5.74, 6) is 0.728. The van der Waals surface area contributed by atoms with E-state index in [0.29, 0.717) is 0 Å². The summed E-state index contributed by atoms with van der Waals surface area (Å²) in [6.07, 6.45) is 2.55. The highest BCUT2D eigenvalue weighted by molar-refractivity contribution is 7.99. The van der Waals surface area contributed by atoms with Crippen LogP contribution in [0.1, 0.15) is 26.2 Å². The Morgan fingerprint density at radius 1 is 1.35 bits per heavy atom. The van der Waals surface area contributed by atoms with Crippen molar-refractivity contribution in [2.24, 2.45) is 5.73 Å². The van der Waals surface area contributed by atoms with Crippen molar-refractivity contribution in [1.29, 1.82) is 0 Å². The monoisotopic (exact) mass is 257 g/mol. The highest BCUT2D eigenvalue weighted by Crippen LogP contribution is 2.21.